The summed E-state index contributed by atoms with van der Waals surface area (Å²) in [5.74, 6) is 0.927. The minimum Gasteiger partial charge on any atom is -0.321 e. The molecule has 1 fully saturated rings. The van der Waals surface area contributed by atoms with Gasteiger partial charge in [-0.1, -0.05) is 43.2 Å². The van der Waals surface area contributed by atoms with E-state index in [0.29, 0.717) is 17.2 Å². The predicted octanol–water partition coefficient (Wildman–Crippen LogP) is 4.56. The van der Waals surface area contributed by atoms with Crippen LogP contribution in [-0.2, 0) is 0 Å². The van der Waals surface area contributed by atoms with Crippen molar-refractivity contribution in [1.82, 2.24) is 9.55 Å². The van der Waals surface area contributed by atoms with Gasteiger partial charge in [0.25, 0.3) is 0 Å². The van der Waals surface area contributed by atoms with Gasteiger partial charge in [0, 0.05) is 11.6 Å². The van der Waals surface area contributed by atoms with Crippen molar-refractivity contribution < 1.29 is 0 Å². The van der Waals surface area contributed by atoms with E-state index < -0.39 is 0 Å². The van der Waals surface area contributed by atoms with E-state index >= 15 is 0 Å². The topological polar surface area (TPSA) is 65.4 Å². The summed E-state index contributed by atoms with van der Waals surface area (Å²) in [7, 11) is 0. The molecule has 24 heavy (non-hydrogen) atoms. The Kier molecular flexibility index (Phi) is 3.52. The van der Waals surface area contributed by atoms with Crippen molar-refractivity contribution in [3.05, 3.63) is 53.6 Å². The van der Waals surface area contributed by atoms with Crippen LogP contribution in [-0.4, -0.2) is 9.55 Å². The third-order valence-electron chi connectivity index (χ3n) is 4.79. The molecule has 4 rings (SSSR count). The number of rotatable bonds is 2. The van der Waals surface area contributed by atoms with Gasteiger partial charge in [0.05, 0.1) is 22.2 Å². The average Bonchev–Trinajstić information content (AvgIpc) is 3.28. The van der Waals surface area contributed by atoms with Crippen LogP contribution in [0.25, 0.3) is 22.4 Å². The van der Waals surface area contributed by atoms with Gasteiger partial charge in [-0.05, 0) is 25.0 Å². The molecular formula is C20H16N4. The number of imidazole rings is 1. The molecule has 0 unspecified atom stereocenters. The average molecular weight is 312 g/mol. The second kappa shape index (κ2) is 5.83. The van der Waals surface area contributed by atoms with Crippen LogP contribution >= 0.6 is 0 Å². The SMILES string of the molecule is N#Cc1cc2nc(-c3ccccc3)n(C3CCCC3)c2cc1C#N. The standard InChI is InChI=1S/C20H16N4/c21-12-15-10-18-19(11-16(15)13-22)24(17-8-4-5-9-17)20(23-18)14-6-2-1-3-7-14/h1-3,6-7,10-11,17H,4-5,8-9H2. The van der Waals surface area contributed by atoms with Crippen LogP contribution in [0.4, 0.5) is 0 Å². The molecule has 0 aliphatic heterocycles. The molecule has 0 bridgehead atoms. The van der Waals surface area contributed by atoms with E-state index in [1.165, 1.54) is 12.8 Å². The molecule has 0 saturated heterocycles. The van der Waals surface area contributed by atoms with E-state index in [9.17, 15) is 10.5 Å². The third kappa shape index (κ3) is 2.25. The minimum atomic E-state index is 0.390. The normalized spacial score (nSPS) is 14.6. The smallest absolute Gasteiger partial charge is 0.141 e. The van der Waals surface area contributed by atoms with Gasteiger partial charge >= 0.3 is 0 Å². The lowest BCUT2D eigenvalue weighted by Crippen LogP contribution is -2.06. The fourth-order valence-corrected chi connectivity index (χ4v) is 3.65. The van der Waals surface area contributed by atoms with Gasteiger partial charge < -0.3 is 4.57 Å². The first-order valence-corrected chi connectivity index (χ1v) is 8.23. The Morgan fingerprint density at radius 2 is 1.62 bits per heavy atom. The fraction of sp³-hybridized carbons (Fsp3) is 0.250. The fourth-order valence-electron chi connectivity index (χ4n) is 3.65. The van der Waals surface area contributed by atoms with E-state index in [1.807, 2.05) is 24.3 Å². The zero-order valence-electron chi connectivity index (χ0n) is 13.2. The summed E-state index contributed by atoms with van der Waals surface area (Å²) in [5.41, 5.74) is 3.62. The Bertz CT molecular complexity index is 980. The van der Waals surface area contributed by atoms with Crippen LogP contribution in [0.3, 0.4) is 0 Å². The molecule has 0 amide bonds. The Morgan fingerprint density at radius 1 is 0.958 bits per heavy atom. The largest absolute Gasteiger partial charge is 0.321 e. The first-order chi connectivity index (χ1) is 11.8. The van der Waals surface area contributed by atoms with E-state index in [2.05, 4.69) is 28.8 Å². The first-order valence-electron chi connectivity index (χ1n) is 8.23. The number of fused-ring (bicyclic) bond motifs is 1. The Labute approximate surface area is 140 Å². The second-order valence-electron chi connectivity index (χ2n) is 6.22. The molecule has 2 aromatic carbocycles. The van der Waals surface area contributed by atoms with E-state index in [-0.39, 0.29) is 0 Å². The number of benzene rings is 2. The minimum absolute atomic E-state index is 0.390. The van der Waals surface area contributed by atoms with Gasteiger partial charge in [-0.15, -0.1) is 0 Å². The lowest BCUT2D eigenvalue weighted by molar-refractivity contribution is 0.537. The molecule has 0 atom stereocenters. The summed E-state index contributed by atoms with van der Waals surface area (Å²) in [4.78, 5) is 4.81. The Balaban J connectivity index is 2.03. The molecule has 1 aromatic heterocycles. The number of nitriles is 2. The van der Waals surface area contributed by atoms with Crippen molar-refractivity contribution in [3.8, 4) is 23.5 Å². The number of nitrogens with zero attached hydrogens (tertiary/aromatic N) is 4. The number of hydrogen-bond donors (Lipinski definition) is 0. The maximum absolute atomic E-state index is 9.36. The highest BCUT2D eigenvalue weighted by Crippen LogP contribution is 2.37. The summed E-state index contributed by atoms with van der Waals surface area (Å²) in [6.07, 6.45) is 4.71. The molecular weight excluding hydrogens is 296 g/mol. The molecule has 116 valence electrons. The van der Waals surface area contributed by atoms with E-state index in [4.69, 9.17) is 4.98 Å². The summed E-state index contributed by atoms with van der Waals surface area (Å²) in [6.45, 7) is 0. The Hall–Kier alpha value is -3.11. The highest BCUT2D eigenvalue weighted by molar-refractivity contribution is 5.84. The number of aromatic nitrogens is 2. The van der Waals surface area contributed by atoms with Crippen LogP contribution in [0.5, 0.6) is 0 Å². The second-order valence-corrected chi connectivity index (χ2v) is 6.22. The van der Waals surface area contributed by atoms with Crippen LogP contribution in [0.15, 0.2) is 42.5 Å². The van der Waals surface area contributed by atoms with Gasteiger partial charge in [0.1, 0.15) is 18.0 Å². The highest BCUT2D eigenvalue weighted by Gasteiger charge is 2.24. The van der Waals surface area contributed by atoms with Crippen LogP contribution < -0.4 is 0 Å². The van der Waals surface area contributed by atoms with Gasteiger partial charge in [-0.3, -0.25) is 0 Å². The molecule has 4 heteroatoms. The van der Waals surface area contributed by atoms with Crippen molar-refractivity contribution in [2.24, 2.45) is 0 Å². The number of hydrogen-bond acceptors (Lipinski definition) is 3. The molecule has 1 saturated carbocycles. The first kappa shape index (κ1) is 14.5. The van der Waals surface area contributed by atoms with Crippen LogP contribution in [0.2, 0.25) is 0 Å². The van der Waals surface area contributed by atoms with Crippen molar-refractivity contribution >= 4 is 11.0 Å². The zero-order chi connectivity index (χ0) is 16.5. The van der Waals surface area contributed by atoms with Gasteiger partial charge in [0.15, 0.2) is 0 Å². The summed E-state index contributed by atoms with van der Waals surface area (Å²) in [6, 6.07) is 18.3. The van der Waals surface area contributed by atoms with Gasteiger partial charge in [0.2, 0.25) is 0 Å². The van der Waals surface area contributed by atoms with Crippen LogP contribution in [0, 0.1) is 22.7 Å². The molecule has 0 N–H and O–H groups in total. The summed E-state index contributed by atoms with van der Waals surface area (Å²) in [5, 5.41) is 18.6. The van der Waals surface area contributed by atoms with Gasteiger partial charge in [-0.2, -0.15) is 10.5 Å². The lowest BCUT2D eigenvalue weighted by Gasteiger charge is -2.16. The quantitative estimate of drug-likeness (QED) is 0.696. The molecule has 0 spiro atoms. The van der Waals surface area contributed by atoms with Crippen molar-refractivity contribution in [1.29, 1.82) is 10.5 Å². The molecule has 3 aromatic rings. The molecule has 4 nitrogen and oxygen atoms in total. The molecule has 1 aliphatic rings. The van der Waals surface area contributed by atoms with Crippen molar-refractivity contribution in [2.45, 2.75) is 31.7 Å². The molecule has 0 radical (unpaired) electrons. The van der Waals surface area contributed by atoms with E-state index in [1.54, 1.807) is 6.07 Å². The molecule has 1 aliphatic carbocycles. The predicted molar refractivity (Wildman–Crippen MR) is 92.1 cm³/mol. The summed E-state index contributed by atoms with van der Waals surface area (Å²) < 4.78 is 2.28. The monoisotopic (exact) mass is 312 g/mol. The van der Waals surface area contributed by atoms with E-state index in [0.717, 1.165) is 35.3 Å². The van der Waals surface area contributed by atoms with Crippen molar-refractivity contribution in [2.75, 3.05) is 0 Å². The maximum atomic E-state index is 9.36. The van der Waals surface area contributed by atoms with Crippen molar-refractivity contribution in [3.63, 3.8) is 0 Å². The lowest BCUT2D eigenvalue weighted by atomic mass is 10.1. The third-order valence-corrected chi connectivity index (χ3v) is 4.79. The van der Waals surface area contributed by atoms with Crippen LogP contribution in [0.1, 0.15) is 42.9 Å². The molecule has 1 heterocycles. The maximum Gasteiger partial charge on any atom is 0.141 e. The Morgan fingerprint density at radius 3 is 2.29 bits per heavy atom. The zero-order valence-corrected chi connectivity index (χ0v) is 13.2. The van der Waals surface area contributed by atoms with Gasteiger partial charge in [-0.25, -0.2) is 4.98 Å². The highest BCUT2D eigenvalue weighted by atomic mass is 15.1. The summed E-state index contributed by atoms with van der Waals surface area (Å²) >= 11 is 0.